The number of nitrogens with one attached hydrogen (secondary N) is 1. The molecular weight excluding hydrogens is 454 g/mol. The number of aromatic nitrogens is 4. The maximum atomic E-state index is 6.12. The maximum absolute atomic E-state index is 6.12. The smallest absolute Gasteiger partial charge is 0.221 e. The van der Waals surface area contributed by atoms with Gasteiger partial charge >= 0.3 is 0 Å². The Balaban J connectivity index is 1.66. The lowest BCUT2D eigenvalue weighted by molar-refractivity contribution is 0.217. The van der Waals surface area contributed by atoms with E-state index < -0.39 is 0 Å². The van der Waals surface area contributed by atoms with Gasteiger partial charge in [0, 0.05) is 24.4 Å². The van der Waals surface area contributed by atoms with Crippen molar-refractivity contribution in [2.24, 2.45) is 0 Å². The van der Waals surface area contributed by atoms with Gasteiger partial charge in [-0.3, -0.25) is 0 Å². The van der Waals surface area contributed by atoms with Gasteiger partial charge in [0.1, 0.15) is 18.2 Å². The van der Waals surface area contributed by atoms with E-state index >= 15 is 0 Å². The number of rotatable bonds is 11. The van der Waals surface area contributed by atoms with E-state index in [4.69, 9.17) is 15.2 Å². The lowest BCUT2D eigenvalue weighted by atomic mass is 10.1. The van der Waals surface area contributed by atoms with Crippen LogP contribution in [0.25, 0.3) is 16.8 Å². The van der Waals surface area contributed by atoms with Gasteiger partial charge in [-0.15, -0.1) is 0 Å². The average Bonchev–Trinajstić information content (AvgIpc) is 3.27. The zero-order valence-corrected chi connectivity index (χ0v) is 21.2. The van der Waals surface area contributed by atoms with E-state index in [-0.39, 0.29) is 5.95 Å². The van der Waals surface area contributed by atoms with Gasteiger partial charge in [-0.2, -0.15) is 10.1 Å². The molecule has 0 aliphatic carbocycles. The van der Waals surface area contributed by atoms with E-state index in [1.807, 2.05) is 66.2 Å². The molecule has 0 spiro atoms. The number of likely N-dealkylation sites (N-methyl/N-ethyl adjacent to an activating group) is 1. The highest BCUT2D eigenvalue weighted by atomic mass is 16.5. The summed E-state index contributed by atoms with van der Waals surface area (Å²) in [6.07, 6.45) is 1.71. The van der Waals surface area contributed by atoms with Crippen molar-refractivity contribution < 1.29 is 9.47 Å². The van der Waals surface area contributed by atoms with Gasteiger partial charge in [-0.05, 0) is 49.8 Å². The molecule has 0 saturated carbocycles. The maximum Gasteiger partial charge on any atom is 0.221 e. The summed E-state index contributed by atoms with van der Waals surface area (Å²) in [5.41, 5.74) is 9.43. The van der Waals surface area contributed by atoms with Crippen LogP contribution in [0.4, 0.5) is 17.6 Å². The third kappa shape index (κ3) is 5.75. The predicted molar refractivity (Wildman–Crippen MR) is 143 cm³/mol. The summed E-state index contributed by atoms with van der Waals surface area (Å²) in [6.45, 7) is 9.59. The van der Waals surface area contributed by atoms with Crippen molar-refractivity contribution in [1.82, 2.24) is 24.6 Å². The first-order chi connectivity index (χ1) is 17.5. The molecule has 0 saturated heterocycles. The second-order valence-electron chi connectivity index (χ2n) is 8.27. The summed E-state index contributed by atoms with van der Waals surface area (Å²) < 4.78 is 13.5. The molecule has 9 nitrogen and oxygen atoms in total. The van der Waals surface area contributed by atoms with Gasteiger partial charge in [0.15, 0.2) is 11.5 Å². The van der Waals surface area contributed by atoms with Gasteiger partial charge in [0.2, 0.25) is 5.95 Å². The van der Waals surface area contributed by atoms with Gasteiger partial charge in [0.25, 0.3) is 0 Å². The highest BCUT2D eigenvalue weighted by molar-refractivity contribution is 5.79. The molecule has 2 heterocycles. The first kappa shape index (κ1) is 25.0. The molecule has 0 atom stereocenters. The molecule has 0 fully saturated rings. The fraction of sp³-hybridized carbons (Fsp3) is 0.296. The van der Waals surface area contributed by atoms with Crippen molar-refractivity contribution in [3.05, 3.63) is 66.5 Å². The van der Waals surface area contributed by atoms with Crippen LogP contribution in [-0.2, 0) is 0 Å². The van der Waals surface area contributed by atoms with E-state index in [0.717, 1.165) is 48.0 Å². The van der Waals surface area contributed by atoms with Crippen molar-refractivity contribution in [2.75, 3.05) is 44.4 Å². The highest BCUT2D eigenvalue weighted by Gasteiger charge is 2.16. The molecule has 36 heavy (non-hydrogen) atoms. The number of nitrogen functional groups attached to an aromatic ring is 1. The van der Waals surface area contributed by atoms with Crippen LogP contribution < -0.4 is 20.5 Å². The van der Waals surface area contributed by atoms with Crippen LogP contribution in [0.5, 0.6) is 11.5 Å². The second-order valence-corrected chi connectivity index (χ2v) is 8.27. The third-order valence-electron chi connectivity index (χ3n) is 5.92. The second kappa shape index (κ2) is 11.5. The van der Waals surface area contributed by atoms with Crippen molar-refractivity contribution in [3.63, 3.8) is 0 Å². The average molecular weight is 488 g/mol. The Labute approximate surface area is 211 Å². The monoisotopic (exact) mass is 487 g/mol. The topological polar surface area (TPSA) is 103 Å². The summed E-state index contributed by atoms with van der Waals surface area (Å²) in [4.78, 5) is 11.1. The number of para-hydroxylation sites is 1. The van der Waals surface area contributed by atoms with Crippen LogP contribution in [0.1, 0.15) is 19.5 Å². The fourth-order valence-corrected chi connectivity index (χ4v) is 3.96. The van der Waals surface area contributed by atoms with Crippen LogP contribution in [0.15, 0.2) is 60.8 Å². The number of anilines is 3. The first-order valence-corrected chi connectivity index (χ1v) is 12.1. The summed E-state index contributed by atoms with van der Waals surface area (Å²) in [5, 5.41) is 8.05. The Bertz CT molecular complexity index is 1290. The molecule has 188 valence electrons. The number of benzene rings is 2. The molecular formula is C27H33N7O2. The van der Waals surface area contributed by atoms with Gasteiger partial charge in [-0.1, -0.05) is 38.1 Å². The number of hydrogen-bond acceptors (Lipinski definition) is 8. The lowest BCUT2D eigenvalue weighted by Crippen LogP contribution is -2.27. The number of nitrogens with two attached hydrogens (primary N) is 1. The molecule has 0 aliphatic rings. The largest absolute Gasteiger partial charge is 0.493 e. The Morgan fingerprint density at radius 3 is 2.53 bits per heavy atom. The normalized spacial score (nSPS) is 11.0. The number of aryl methyl sites for hydroxylation is 1. The Kier molecular flexibility index (Phi) is 8.02. The predicted octanol–water partition coefficient (Wildman–Crippen LogP) is 4.69. The summed E-state index contributed by atoms with van der Waals surface area (Å²) in [7, 11) is 1.64. The van der Waals surface area contributed by atoms with Crippen molar-refractivity contribution in [2.45, 2.75) is 20.8 Å². The van der Waals surface area contributed by atoms with E-state index in [9.17, 15) is 0 Å². The van der Waals surface area contributed by atoms with Crippen molar-refractivity contribution in [3.8, 4) is 28.3 Å². The zero-order chi connectivity index (χ0) is 25.5. The van der Waals surface area contributed by atoms with E-state index in [1.54, 1.807) is 13.3 Å². The SMILES string of the molecule is CCN(CC)CCOc1cc(-c2cnc(N)nc2Nc2cc(C)nn2-c2ccccc2)ccc1OC. The fourth-order valence-electron chi connectivity index (χ4n) is 3.96. The standard InChI is InChI=1S/C27H33N7O2/c1-5-33(6-2)14-15-36-24-17-20(12-13-23(24)35-4)22-18-29-27(28)31-26(22)30-25-16-19(3)32-34(25)21-10-8-7-9-11-21/h7-13,16-18H,5-6,14-15H2,1-4H3,(H3,28,29,30,31). The summed E-state index contributed by atoms with van der Waals surface area (Å²) >= 11 is 0. The number of nitrogens with zero attached hydrogens (tertiary/aromatic N) is 5. The molecule has 2 aromatic heterocycles. The first-order valence-electron chi connectivity index (χ1n) is 12.1. The molecule has 4 aromatic rings. The van der Waals surface area contributed by atoms with E-state index in [0.29, 0.717) is 23.9 Å². The molecule has 0 bridgehead atoms. The lowest BCUT2D eigenvalue weighted by Gasteiger charge is -2.19. The molecule has 3 N–H and O–H groups in total. The van der Waals surface area contributed by atoms with Crippen molar-refractivity contribution >= 4 is 17.6 Å². The van der Waals surface area contributed by atoms with Gasteiger partial charge in [-0.25, -0.2) is 9.67 Å². The summed E-state index contributed by atoms with van der Waals surface area (Å²) in [6, 6.07) is 17.7. The molecule has 0 unspecified atom stereocenters. The third-order valence-corrected chi connectivity index (χ3v) is 5.92. The van der Waals surface area contributed by atoms with Crippen LogP contribution in [0, 0.1) is 6.92 Å². The van der Waals surface area contributed by atoms with Crippen molar-refractivity contribution in [1.29, 1.82) is 0 Å². The Morgan fingerprint density at radius 1 is 1.03 bits per heavy atom. The number of methoxy groups -OCH3 is 1. The molecule has 0 amide bonds. The van der Waals surface area contributed by atoms with Crippen LogP contribution in [0.2, 0.25) is 0 Å². The van der Waals surface area contributed by atoms with Crippen LogP contribution in [0.3, 0.4) is 0 Å². The van der Waals surface area contributed by atoms with Crippen LogP contribution in [-0.4, -0.2) is 58.0 Å². The number of hydrogen-bond donors (Lipinski definition) is 2. The highest BCUT2D eigenvalue weighted by Crippen LogP contribution is 2.36. The molecule has 2 aromatic carbocycles. The van der Waals surface area contributed by atoms with Gasteiger partial charge in [0.05, 0.1) is 18.5 Å². The minimum absolute atomic E-state index is 0.174. The quantitative estimate of drug-likeness (QED) is 0.314. The minimum atomic E-state index is 0.174. The molecule has 0 radical (unpaired) electrons. The molecule has 9 heteroatoms. The van der Waals surface area contributed by atoms with Crippen LogP contribution >= 0.6 is 0 Å². The minimum Gasteiger partial charge on any atom is -0.493 e. The molecule has 0 aliphatic heterocycles. The van der Waals surface area contributed by atoms with Gasteiger partial charge < -0.3 is 25.4 Å². The zero-order valence-electron chi connectivity index (χ0n) is 21.2. The Hall–Kier alpha value is -4.11. The van der Waals surface area contributed by atoms with E-state index in [2.05, 4.69) is 39.1 Å². The molecule has 4 rings (SSSR count). The summed E-state index contributed by atoms with van der Waals surface area (Å²) in [5.74, 6) is 2.84. The van der Waals surface area contributed by atoms with E-state index in [1.165, 1.54) is 0 Å². The Morgan fingerprint density at radius 2 is 1.81 bits per heavy atom. The number of ether oxygens (including phenoxy) is 2.